The van der Waals surface area contributed by atoms with Crippen molar-refractivity contribution in [1.29, 1.82) is 0 Å². The maximum absolute atomic E-state index is 12.8. The van der Waals surface area contributed by atoms with E-state index in [4.69, 9.17) is 0 Å². The zero-order valence-electron chi connectivity index (χ0n) is 14.4. The predicted molar refractivity (Wildman–Crippen MR) is 97.1 cm³/mol. The van der Waals surface area contributed by atoms with Gasteiger partial charge in [0.05, 0.1) is 5.39 Å². The summed E-state index contributed by atoms with van der Waals surface area (Å²) in [5, 5.41) is 5.56. The molecule has 1 saturated heterocycles. The van der Waals surface area contributed by atoms with Crippen LogP contribution in [-0.4, -0.2) is 43.5 Å². The van der Waals surface area contributed by atoms with Crippen LogP contribution in [-0.2, 0) is 12.8 Å². The number of nitrogens with zero attached hydrogens (tertiary/aromatic N) is 5. The summed E-state index contributed by atoms with van der Waals surface area (Å²) in [5.74, 6) is 0.804. The number of hydrogen-bond donors (Lipinski definition) is 0. The molecule has 0 saturated carbocycles. The number of amides is 1. The van der Waals surface area contributed by atoms with Crippen molar-refractivity contribution < 1.29 is 4.79 Å². The molecule has 0 N–H and O–H groups in total. The average Bonchev–Trinajstić information content (AvgIpc) is 3.21. The zero-order chi connectivity index (χ0) is 17.0. The number of hydrogen-bond acceptors (Lipinski definition) is 5. The van der Waals surface area contributed by atoms with Crippen molar-refractivity contribution in [2.45, 2.75) is 45.4 Å². The SMILES string of the molecule is CC1CCCN(C(=O)c2nc3c4c5c(sc4ncn3n2)CCCC5)C1. The Labute approximate surface area is 149 Å². The molecule has 2 aliphatic rings. The fourth-order valence-corrected chi connectivity index (χ4v) is 5.38. The quantitative estimate of drug-likeness (QED) is 0.673. The first kappa shape index (κ1) is 15.3. The van der Waals surface area contributed by atoms with E-state index < -0.39 is 0 Å². The molecule has 3 aromatic heterocycles. The van der Waals surface area contributed by atoms with Crippen molar-refractivity contribution in [1.82, 2.24) is 24.5 Å². The molecule has 7 heteroatoms. The summed E-state index contributed by atoms with van der Waals surface area (Å²) in [6.07, 6.45) is 8.62. The Kier molecular flexibility index (Phi) is 3.51. The van der Waals surface area contributed by atoms with Crippen LogP contribution in [0.3, 0.4) is 0 Å². The summed E-state index contributed by atoms with van der Waals surface area (Å²) < 4.78 is 1.69. The molecule has 5 rings (SSSR count). The molecule has 4 heterocycles. The summed E-state index contributed by atoms with van der Waals surface area (Å²) in [7, 11) is 0. The van der Waals surface area contributed by atoms with Gasteiger partial charge in [0.1, 0.15) is 11.2 Å². The topological polar surface area (TPSA) is 63.4 Å². The fourth-order valence-electron chi connectivity index (χ4n) is 4.16. The number of carbonyl (C=O) groups excluding carboxylic acids is 1. The van der Waals surface area contributed by atoms with Crippen LogP contribution < -0.4 is 0 Å². The Morgan fingerprint density at radius 1 is 1.28 bits per heavy atom. The van der Waals surface area contributed by atoms with Gasteiger partial charge in [-0.3, -0.25) is 4.79 Å². The number of likely N-dealkylation sites (tertiary alicyclic amines) is 1. The van der Waals surface area contributed by atoms with Gasteiger partial charge in [-0.25, -0.2) is 14.5 Å². The van der Waals surface area contributed by atoms with Crippen LogP contribution in [0.2, 0.25) is 0 Å². The van der Waals surface area contributed by atoms with E-state index in [9.17, 15) is 4.79 Å². The highest BCUT2D eigenvalue weighted by atomic mass is 32.1. The third kappa shape index (κ3) is 2.44. The van der Waals surface area contributed by atoms with Crippen molar-refractivity contribution in [3.63, 3.8) is 0 Å². The first-order valence-electron chi connectivity index (χ1n) is 9.15. The number of piperidine rings is 1. The van der Waals surface area contributed by atoms with Gasteiger partial charge in [-0.1, -0.05) is 6.92 Å². The minimum Gasteiger partial charge on any atom is -0.336 e. The maximum atomic E-state index is 12.8. The lowest BCUT2D eigenvalue weighted by Gasteiger charge is -2.29. The van der Waals surface area contributed by atoms with Gasteiger partial charge in [0.15, 0.2) is 5.65 Å². The molecule has 1 fully saturated rings. The van der Waals surface area contributed by atoms with Gasteiger partial charge in [-0.2, -0.15) is 0 Å². The molecule has 3 aromatic rings. The van der Waals surface area contributed by atoms with Crippen LogP contribution in [0, 0.1) is 5.92 Å². The van der Waals surface area contributed by atoms with E-state index in [0.717, 1.165) is 48.2 Å². The van der Waals surface area contributed by atoms with Gasteiger partial charge >= 0.3 is 0 Å². The number of rotatable bonds is 1. The summed E-state index contributed by atoms with van der Waals surface area (Å²) in [5.41, 5.74) is 2.17. The Bertz CT molecular complexity index is 975. The van der Waals surface area contributed by atoms with Gasteiger partial charge in [0.2, 0.25) is 5.82 Å². The highest BCUT2D eigenvalue weighted by Crippen LogP contribution is 2.36. The largest absolute Gasteiger partial charge is 0.336 e. The number of carbonyl (C=O) groups is 1. The molecule has 6 nitrogen and oxygen atoms in total. The van der Waals surface area contributed by atoms with Gasteiger partial charge in [-0.05, 0) is 50.0 Å². The fraction of sp³-hybridized carbons (Fsp3) is 0.556. The molecule has 1 unspecified atom stereocenters. The van der Waals surface area contributed by atoms with Crippen LogP contribution >= 0.6 is 11.3 Å². The third-order valence-electron chi connectivity index (χ3n) is 5.43. The van der Waals surface area contributed by atoms with Crippen LogP contribution in [0.15, 0.2) is 6.33 Å². The normalized spacial score (nSPS) is 21.0. The van der Waals surface area contributed by atoms with Crippen LogP contribution in [0.1, 0.15) is 53.7 Å². The first-order valence-corrected chi connectivity index (χ1v) is 9.97. The Morgan fingerprint density at radius 3 is 3.04 bits per heavy atom. The number of aromatic nitrogens is 4. The smallest absolute Gasteiger partial charge is 0.293 e. The molecule has 1 atom stereocenters. The Morgan fingerprint density at radius 2 is 2.16 bits per heavy atom. The van der Waals surface area contributed by atoms with E-state index in [1.165, 1.54) is 29.7 Å². The van der Waals surface area contributed by atoms with E-state index in [2.05, 4.69) is 22.0 Å². The molecule has 1 aliphatic heterocycles. The van der Waals surface area contributed by atoms with Crippen molar-refractivity contribution in [2.75, 3.05) is 13.1 Å². The number of aryl methyl sites for hydroxylation is 2. The van der Waals surface area contributed by atoms with Gasteiger partial charge in [0.25, 0.3) is 5.91 Å². The number of fused-ring (bicyclic) bond motifs is 5. The van der Waals surface area contributed by atoms with Gasteiger partial charge < -0.3 is 4.90 Å². The molecule has 0 spiro atoms. The highest BCUT2D eigenvalue weighted by Gasteiger charge is 2.27. The molecular formula is C18H21N5OS. The van der Waals surface area contributed by atoms with E-state index in [1.54, 1.807) is 22.2 Å². The lowest BCUT2D eigenvalue weighted by atomic mass is 9.97. The summed E-state index contributed by atoms with van der Waals surface area (Å²) in [6.45, 7) is 3.80. The van der Waals surface area contributed by atoms with E-state index in [-0.39, 0.29) is 5.91 Å². The molecule has 0 aromatic carbocycles. The molecule has 0 radical (unpaired) electrons. The lowest BCUT2D eigenvalue weighted by molar-refractivity contribution is 0.0671. The third-order valence-corrected chi connectivity index (χ3v) is 6.63. The van der Waals surface area contributed by atoms with Crippen molar-refractivity contribution in [3.8, 4) is 0 Å². The van der Waals surface area contributed by atoms with E-state index in [1.807, 2.05) is 4.90 Å². The number of thiophene rings is 1. The first-order chi connectivity index (χ1) is 12.2. The second kappa shape index (κ2) is 5.76. The van der Waals surface area contributed by atoms with E-state index in [0.29, 0.717) is 11.7 Å². The lowest BCUT2D eigenvalue weighted by Crippen LogP contribution is -2.39. The Hall–Kier alpha value is -2.02. The second-order valence-corrected chi connectivity index (χ2v) is 8.42. The molecule has 1 aliphatic carbocycles. The minimum atomic E-state index is -0.0486. The summed E-state index contributed by atoms with van der Waals surface area (Å²) in [4.78, 5) is 26.4. The Balaban J connectivity index is 1.60. The molecule has 0 bridgehead atoms. The molecule has 25 heavy (non-hydrogen) atoms. The monoisotopic (exact) mass is 355 g/mol. The van der Waals surface area contributed by atoms with Crippen LogP contribution in [0.25, 0.3) is 15.9 Å². The summed E-state index contributed by atoms with van der Waals surface area (Å²) in [6, 6.07) is 0. The van der Waals surface area contributed by atoms with Crippen LogP contribution in [0.5, 0.6) is 0 Å². The standard InChI is InChI=1S/C18H21N5OS/c1-11-5-4-8-22(9-11)18(24)15-20-16-14-12-6-2-3-7-13(12)25-17(14)19-10-23(16)21-15/h10-11H,2-9H2,1H3. The van der Waals surface area contributed by atoms with Gasteiger partial charge in [-0.15, -0.1) is 16.4 Å². The molecule has 130 valence electrons. The average molecular weight is 355 g/mol. The predicted octanol–water partition coefficient (Wildman–Crippen LogP) is 3.09. The molecular weight excluding hydrogens is 334 g/mol. The van der Waals surface area contributed by atoms with Crippen LogP contribution in [0.4, 0.5) is 0 Å². The highest BCUT2D eigenvalue weighted by molar-refractivity contribution is 7.19. The van der Waals surface area contributed by atoms with E-state index >= 15 is 0 Å². The van der Waals surface area contributed by atoms with Crippen molar-refractivity contribution >= 4 is 33.1 Å². The minimum absolute atomic E-state index is 0.0486. The second-order valence-electron chi connectivity index (χ2n) is 7.34. The van der Waals surface area contributed by atoms with Crippen molar-refractivity contribution in [3.05, 3.63) is 22.6 Å². The van der Waals surface area contributed by atoms with Gasteiger partial charge in [0, 0.05) is 18.0 Å². The van der Waals surface area contributed by atoms with Crippen molar-refractivity contribution in [2.24, 2.45) is 5.92 Å². The maximum Gasteiger partial charge on any atom is 0.293 e. The molecule has 1 amide bonds. The summed E-state index contributed by atoms with van der Waals surface area (Å²) >= 11 is 1.77. The zero-order valence-corrected chi connectivity index (χ0v) is 15.2.